The van der Waals surface area contributed by atoms with Gasteiger partial charge in [0.25, 0.3) is 5.91 Å². The largest absolute Gasteiger partial charge is 0.486 e. The molecular formula is C31H41N7O4. The summed E-state index contributed by atoms with van der Waals surface area (Å²) in [5.74, 6) is 2.83. The molecule has 2 atom stereocenters. The highest BCUT2D eigenvalue weighted by molar-refractivity contribution is 5.95. The second-order valence-corrected chi connectivity index (χ2v) is 11.7. The number of hydrogen-bond donors (Lipinski definition) is 4. The van der Waals surface area contributed by atoms with Crippen LogP contribution in [-0.4, -0.2) is 83.8 Å². The van der Waals surface area contributed by atoms with Crippen LogP contribution in [0.4, 0.5) is 11.6 Å². The molecule has 42 heavy (non-hydrogen) atoms. The molecule has 1 aromatic carbocycles. The number of hydrogen-bond acceptors (Lipinski definition) is 10. The van der Waals surface area contributed by atoms with Crippen molar-refractivity contribution in [3.05, 3.63) is 64.9 Å². The number of pyridine rings is 1. The summed E-state index contributed by atoms with van der Waals surface area (Å²) in [6.07, 6.45) is 4.82. The number of fused-ring (bicyclic) bond motifs is 1. The number of aliphatic hydroxyl groups excluding tert-OH is 1. The lowest BCUT2D eigenvalue weighted by Crippen LogP contribution is -2.49. The van der Waals surface area contributed by atoms with Crippen molar-refractivity contribution < 1.29 is 19.1 Å². The van der Waals surface area contributed by atoms with Crippen LogP contribution in [0.5, 0.6) is 5.75 Å². The standard InChI is InChI=1S/C31H41N7O4/c1-20-28(42-19-34-20)18-41-25-7-6-21-13-26(32-16-23(21)12-25)27(39)17-33-31(40)22-14-29(35-24-4-3-5-24)36-30(15-22)38-10-8-37(2)9-11-38/h6-7,12,14-15,19,24,26-27,32,39H,3-5,8-11,13,16-18H2,1-2H3,(H,33,40)(H,35,36)/t26-,27?/m0/s1. The first-order valence-corrected chi connectivity index (χ1v) is 15.0. The van der Waals surface area contributed by atoms with E-state index in [2.05, 4.69) is 37.8 Å². The number of oxazole rings is 1. The van der Waals surface area contributed by atoms with E-state index in [1.165, 1.54) is 12.8 Å². The molecular weight excluding hydrogens is 534 g/mol. The zero-order valence-electron chi connectivity index (χ0n) is 24.4. The summed E-state index contributed by atoms with van der Waals surface area (Å²) < 4.78 is 11.3. The van der Waals surface area contributed by atoms with Crippen molar-refractivity contribution >= 4 is 17.5 Å². The summed E-state index contributed by atoms with van der Waals surface area (Å²) in [4.78, 5) is 26.8. The second-order valence-electron chi connectivity index (χ2n) is 11.7. The average molecular weight is 576 g/mol. The van der Waals surface area contributed by atoms with Crippen LogP contribution < -0.4 is 25.6 Å². The molecule has 1 unspecified atom stereocenters. The monoisotopic (exact) mass is 575 g/mol. The smallest absolute Gasteiger partial charge is 0.251 e. The van der Waals surface area contributed by atoms with Gasteiger partial charge in [0, 0.05) is 56.9 Å². The summed E-state index contributed by atoms with van der Waals surface area (Å²) in [5.41, 5.74) is 3.67. The van der Waals surface area contributed by atoms with E-state index in [4.69, 9.17) is 14.1 Å². The van der Waals surface area contributed by atoms with Crippen molar-refractivity contribution in [2.75, 3.05) is 50.0 Å². The molecule has 11 heteroatoms. The van der Waals surface area contributed by atoms with Crippen LogP contribution in [0.3, 0.4) is 0 Å². The maximum Gasteiger partial charge on any atom is 0.251 e. The Balaban J connectivity index is 1.05. The Morgan fingerprint density at radius 2 is 2.02 bits per heavy atom. The van der Waals surface area contributed by atoms with Gasteiger partial charge in [0.1, 0.15) is 24.0 Å². The molecule has 224 valence electrons. The van der Waals surface area contributed by atoms with Gasteiger partial charge in [-0.05, 0) is 75.0 Å². The molecule has 4 heterocycles. The number of likely N-dealkylation sites (N-methyl/N-ethyl adjacent to an activating group) is 1. The van der Waals surface area contributed by atoms with Gasteiger partial charge in [-0.3, -0.25) is 4.79 Å². The number of nitrogens with zero attached hydrogens (tertiary/aromatic N) is 4. The van der Waals surface area contributed by atoms with E-state index in [0.29, 0.717) is 36.9 Å². The van der Waals surface area contributed by atoms with Crippen LogP contribution in [0.1, 0.15) is 52.2 Å². The molecule has 2 aliphatic heterocycles. The van der Waals surface area contributed by atoms with Crippen LogP contribution in [0.15, 0.2) is 41.1 Å². The molecule has 1 saturated carbocycles. The molecule has 3 aliphatic rings. The number of carbonyl (C=O) groups is 1. The fraction of sp³-hybridized carbons (Fsp3) is 0.516. The molecule has 4 N–H and O–H groups in total. The molecule has 6 rings (SSSR count). The van der Waals surface area contributed by atoms with Crippen molar-refractivity contribution in [2.45, 2.75) is 63.9 Å². The van der Waals surface area contributed by atoms with Gasteiger partial charge in [-0.25, -0.2) is 9.97 Å². The molecule has 0 spiro atoms. The lowest BCUT2D eigenvalue weighted by Gasteiger charge is -2.34. The van der Waals surface area contributed by atoms with Gasteiger partial charge in [-0.1, -0.05) is 6.07 Å². The summed E-state index contributed by atoms with van der Waals surface area (Å²) in [5, 5.41) is 20.9. The number of anilines is 2. The maximum atomic E-state index is 13.3. The first kappa shape index (κ1) is 28.4. The van der Waals surface area contributed by atoms with E-state index in [-0.39, 0.29) is 18.5 Å². The maximum absolute atomic E-state index is 13.3. The first-order chi connectivity index (χ1) is 20.4. The van der Waals surface area contributed by atoms with E-state index < -0.39 is 6.10 Å². The summed E-state index contributed by atoms with van der Waals surface area (Å²) in [7, 11) is 2.12. The molecule has 0 bridgehead atoms. The normalized spacial score (nSPS) is 20.0. The van der Waals surface area contributed by atoms with Crippen LogP contribution in [0.2, 0.25) is 0 Å². The van der Waals surface area contributed by atoms with Gasteiger partial charge in [0.2, 0.25) is 0 Å². The number of amides is 1. The van der Waals surface area contributed by atoms with Crippen molar-refractivity contribution in [1.29, 1.82) is 0 Å². The Bertz CT molecular complexity index is 1380. The van der Waals surface area contributed by atoms with Crippen molar-refractivity contribution in [1.82, 2.24) is 25.5 Å². The highest BCUT2D eigenvalue weighted by atomic mass is 16.5. The van der Waals surface area contributed by atoms with Gasteiger partial charge in [0.15, 0.2) is 12.2 Å². The molecule has 2 aromatic heterocycles. The number of benzene rings is 1. The lowest BCUT2D eigenvalue weighted by atomic mass is 9.92. The minimum atomic E-state index is -0.737. The number of piperazine rings is 1. The van der Waals surface area contributed by atoms with Crippen LogP contribution >= 0.6 is 0 Å². The van der Waals surface area contributed by atoms with Gasteiger partial charge < -0.3 is 40.0 Å². The van der Waals surface area contributed by atoms with Crippen LogP contribution in [0.25, 0.3) is 0 Å². The van der Waals surface area contributed by atoms with Gasteiger partial charge >= 0.3 is 0 Å². The first-order valence-electron chi connectivity index (χ1n) is 15.0. The Morgan fingerprint density at radius 1 is 1.19 bits per heavy atom. The van der Waals surface area contributed by atoms with E-state index in [1.54, 1.807) is 0 Å². The quantitative estimate of drug-likeness (QED) is 0.286. The fourth-order valence-electron chi connectivity index (χ4n) is 5.61. The summed E-state index contributed by atoms with van der Waals surface area (Å²) in [6.45, 7) is 6.65. The van der Waals surface area contributed by atoms with E-state index in [1.807, 2.05) is 37.3 Å². The molecule has 1 saturated heterocycles. The third kappa shape index (κ3) is 6.69. The van der Waals surface area contributed by atoms with Crippen molar-refractivity contribution in [3.8, 4) is 5.75 Å². The number of aliphatic hydroxyl groups is 1. The minimum Gasteiger partial charge on any atom is -0.486 e. The van der Waals surface area contributed by atoms with Crippen molar-refractivity contribution in [2.24, 2.45) is 0 Å². The highest BCUT2D eigenvalue weighted by Gasteiger charge is 2.26. The Morgan fingerprint density at radius 3 is 2.76 bits per heavy atom. The summed E-state index contributed by atoms with van der Waals surface area (Å²) in [6, 6.07) is 9.96. The number of aryl methyl sites for hydroxylation is 1. The average Bonchev–Trinajstić information content (AvgIpc) is 3.40. The predicted octanol–water partition coefficient (Wildman–Crippen LogP) is 2.48. The minimum absolute atomic E-state index is 0.154. The second kappa shape index (κ2) is 12.7. The predicted molar refractivity (Wildman–Crippen MR) is 160 cm³/mol. The number of nitrogens with one attached hydrogen (secondary N) is 3. The Labute approximate surface area is 246 Å². The topological polar surface area (TPSA) is 128 Å². The molecule has 3 aromatic rings. The molecule has 1 aliphatic carbocycles. The number of aromatic nitrogens is 2. The third-order valence-corrected chi connectivity index (χ3v) is 8.68. The van der Waals surface area contributed by atoms with Gasteiger partial charge in [-0.15, -0.1) is 0 Å². The van der Waals surface area contributed by atoms with E-state index in [0.717, 1.165) is 73.2 Å². The van der Waals surface area contributed by atoms with E-state index in [9.17, 15) is 9.90 Å². The zero-order chi connectivity index (χ0) is 29.1. The molecule has 1 amide bonds. The van der Waals surface area contributed by atoms with Crippen molar-refractivity contribution in [3.63, 3.8) is 0 Å². The zero-order valence-corrected chi connectivity index (χ0v) is 24.4. The summed E-state index contributed by atoms with van der Waals surface area (Å²) >= 11 is 0. The number of ether oxygens (including phenoxy) is 1. The van der Waals surface area contributed by atoms with Crippen LogP contribution in [-0.2, 0) is 19.6 Å². The molecule has 0 radical (unpaired) electrons. The van der Waals surface area contributed by atoms with E-state index >= 15 is 0 Å². The van der Waals surface area contributed by atoms with Gasteiger partial charge in [-0.2, -0.15) is 0 Å². The molecule has 11 nitrogen and oxygen atoms in total. The SMILES string of the molecule is Cc1ncoc1COc1ccc2c(c1)CN[C@H](C(O)CNC(=O)c1cc(NC3CCC3)nc(N3CCN(C)CC3)c1)C2. The molecule has 2 fully saturated rings. The third-order valence-electron chi connectivity index (χ3n) is 8.68. The number of carbonyl (C=O) groups excluding carboxylic acids is 1. The fourth-order valence-corrected chi connectivity index (χ4v) is 5.61. The highest BCUT2D eigenvalue weighted by Crippen LogP contribution is 2.26. The Hall–Kier alpha value is -3.67. The lowest BCUT2D eigenvalue weighted by molar-refractivity contribution is 0.0870. The van der Waals surface area contributed by atoms with Gasteiger partial charge in [0.05, 0.1) is 11.8 Å². The number of rotatable bonds is 10. The Kier molecular flexibility index (Phi) is 8.59. The van der Waals surface area contributed by atoms with Crippen LogP contribution in [0, 0.1) is 6.92 Å².